The van der Waals surface area contributed by atoms with Crippen LogP contribution in [0.15, 0.2) is 329 Å². The van der Waals surface area contributed by atoms with E-state index < -0.39 is 10.8 Å². The van der Waals surface area contributed by atoms with E-state index in [2.05, 4.69) is 173 Å². The molecule has 0 radical (unpaired) electrons. The van der Waals surface area contributed by atoms with Crippen molar-refractivity contribution in [2.24, 2.45) is 0 Å². The van der Waals surface area contributed by atoms with Gasteiger partial charge in [0, 0.05) is 11.8 Å². The second-order valence-electron chi connectivity index (χ2n) is 26.9. The Morgan fingerprint density at radius 1 is 0.304 bits per heavy atom. The Hall–Kier alpha value is -12.1. The normalized spacial score (nSPS) is 15.3. The van der Waals surface area contributed by atoms with E-state index in [9.17, 15) is 8.78 Å². The quantitative estimate of drug-likeness (QED) is 0.0751. The molecular formula is C96H70F4O2. The largest absolute Gasteiger partial charge is 0.457 e. The lowest BCUT2D eigenvalue weighted by Crippen LogP contribution is -2.29. The van der Waals surface area contributed by atoms with Crippen LogP contribution in [0.5, 0.6) is 23.0 Å². The Labute approximate surface area is 593 Å². The lowest BCUT2D eigenvalue weighted by Gasteiger charge is -2.34. The number of hydrogen-bond donors (Lipinski definition) is 0. The highest BCUT2D eigenvalue weighted by atomic mass is 19.1. The maximum absolute atomic E-state index is 15.1. The van der Waals surface area contributed by atoms with Crippen LogP contribution < -0.4 is 9.47 Å². The lowest BCUT2D eigenvalue weighted by molar-refractivity contribution is 0.482. The number of aryl methyl sites for hydroxylation is 2. The topological polar surface area (TPSA) is 18.5 Å². The summed E-state index contributed by atoms with van der Waals surface area (Å²) in [6.07, 6.45) is 4.86. The molecule has 2 aliphatic rings. The minimum Gasteiger partial charge on any atom is -0.457 e. The SMILES string of the molecule is C=Cc1ccc(Oc2ccc(C3(c4ccc(F)cc4)c4ccccc4-c4ccc(C(Cc5ccc(-c6ccc(CC(c7ccc(F)cc7)c7ccc8c(c7)C(c7ccc(F)cc7)(c7ccc(Oc9ccc(C=C)cc9)cc7)c7ccccc7-8)c(C)c6)cc5C)c5ccc(F)cc5)cc43)cc2)cc1. The zero-order valence-electron chi connectivity index (χ0n) is 56.5. The van der Waals surface area contributed by atoms with Crippen molar-refractivity contribution in [3.05, 3.63) is 452 Å². The van der Waals surface area contributed by atoms with E-state index in [1.54, 1.807) is 60.7 Å². The number of rotatable bonds is 19. The second kappa shape index (κ2) is 26.9. The van der Waals surface area contributed by atoms with Gasteiger partial charge in [-0.25, -0.2) is 17.6 Å². The van der Waals surface area contributed by atoms with Gasteiger partial charge in [0.2, 0.25) is 0 Å². The maximum Gasteiger partial charge on any atom is 0.127 e. The Morgan fingerprint density at radius 3 is 0.931 bits per heavy atom. The molecule has 6 heteroatoms. The van der Waals surface area contributed by atoms with Crippen molar-refractivity contribution < 1.29 is 27.0 Å². The van der Waals surface area contributed by atoms with Crippen molar-refractivity contribution in [2.45, 2.75) is 49.4 Å². The monoisotopic (exact) mass is 1330 g/mol. The first-order valence-corrected chi connectivity index (χ1v) is 34.6. The fourth-order valence-corrected chi connectivity index (χ4v) is 16.1. The number of halogens is 4. The van der Waals surface area contributed by atoms with Gasteiger partial charge in [-0.2, -0.15) is 0 Å². The van der Waals surface area contributed by atoms with E-state index in [-0.39, 0.29) is 35.1 Å². The van der Waals surface area contributed by atoms with Crippen LogP contribution >= 0.6 is 0 Å². The molecule has 0 aromatic heterocycles. The third kappa shape index (κ3) is 11.7. The average molecular weight is 1330 g/mol. The van der Waals surface area contributed by atoms with Gasteiger partial charge < -0.3 is 9.47 Å². The molecule has 14 aromatic rings. The van der Waals surface area contributed by atoms with Crippen molar-refractivity contribution in [1.29, 1.82) is 0 Å². The van der Waals surface area contributed by atoms with E-state index in [1.807, 2.05) is 121 Å². The molecule has 0 aliphatic heterocycles. The van der Waals surface area contributed by atoms with Gasteiger partial charge in [0.05, 0.1) is 10.8 Å². The van der Waals surface area contributed by atoms with Gasteiger partial charge in [0.25, 0.3) is 0 Å². The first-order chi connectivity index (χ1) is 49.8. The predicted octanol–water partition coefficient (Wildman–Crippen LogP) is 24.9. The number of fused-ring (bicyclic) bond motifs is 6. The number of benzene rings is 14. The van der Waals surface area contributed by atoms with E-state index in [4.69, 9.17) is 9.47 Å². The van der Waals surface area contributed by atoms with Crippen LogP contribution in [0.25, 0.3) is 45.5 Å². The molecule has 0 N–H and O–H groups in total. The molecule has 4 unspecified atom stereocenters. The van der Waals surface area contributed by atoms with Crippen molar-refractivity contribution in [3.63, 3.8) is 0 Å². The molecule has 16 rings (SSSR count). The zero-order valence-corrected chi connectivity index (χ0v) is 56.5. The van der Waals surface area contributed by atoms with Crippen molar-refractivity contribution in [1.82, 2.24) is 0 Å². The average Bonchev–Trinajstić information content (AvgIpc) is 1.54. The molecule has 0 amide bonds. The number of ether oxygens (including phenoxy) is 2. The molecule has 0 saturated heterocycles. The summed E-state index contributed by atoms with van der Waals surface area (Å²) in [5.74, 6) is 1.17. The number of hydrogen-bond acceptors (Lipinski definition) is 2. The van der Waals surface area contributed by atoms with Crippen LogP contribution in [0, 0.1) is 37.1 Å². The highest BCUT2D eigenvalue weighted by Crippen LogP contribution is 2.59. The summed E-state index contributed by atoms with van der Waals surface area (Å²) in [7, 11) is 0. The molecule has 2 nitrogen and oxygen atoms in total. The van der Waals surface area contributed by atoms with Gasteiger partial charge in [-0.05, 0) is 257 Å². The minimum atomic E-state index is -0.847. The summed E-state index contributed by atoms with van der Waals surface area (Å²) in [5.41, 5.74) is 23.7. The Kier molecular flexibility index (Phi) is 17.0. The molecule has 0 saturated carbocycles. The van der Waals surface area contributed by atoms with E-state index in [0.717, 1.165) is 134 Å². The smallest absolute Gasteiger partial charge is 0.127 e. The summed E-state index contributed by atoms with van der Waals surface area (Å²) in [6, 6.07) is 104. The summed E-state index contributed by atoms with van der Waals surface area (Å²) < 4.78 is 72.9. The maximum atomic E-state index is 15.1. The molecular weight excluding hydrogens is 1260 g/mol. The highest BCUT2D eigenvalue weighted by Gasteiger charge is 2.48. The fraction of sp³-hybridized carbons (Fsp3) is 0.0833. The third-order valence-corrected chi connectivity index (χ3v) is 21.2. The van der Waals surface area contributed by atoms with E-state index in [0.29, 0.717) is 35.8 Å². The molecule has 14 aromatic carbocycles. The van der Waals surface area contributed by atoms with Gasteiger partial charge in [0.1, 0.15) is 46.3 Å². The molecule has 2 aliphatic carbocycles. The van der Waals surface area contributed by atoms with Crippen LogP contribution in [0.2, 0.25) is 0 Å². The zero-order chi connectivity index (χ0) is 69.6. The van der Waals surface area contributed by atoms with Gasteiger partial charge in [-0.1, -0.05) is 244 Å². The predicted molar refractivity (Wildman–Crippen MR) is 406 cm³/mol. The van der Waals surface area contributed by atoms with Crippen molar-refractivity contribution in [2.75, 3.05) is 0 Å². The summed E-state index contributed by atoms with van der Waals surface area (Å²) in [5, 5.41) is 0. The van der Waals surface area contributed by atoms with E-state index in [1.165, 1.54) is 0 Å². The van der Waals surface area contributed by atoms with Crippen LogP contribution in [0.3, 0.4) is 0 Å². The molecule has 0 heterocycles. The van der Waals surface area contributed by atoms with Crippen LogP contribution in [-0.4, -0.2) is 0 Å². The highest BCUT2D eigenvalue weighted by molar-refractivity contribution is 5.88. The molecule has 0 bridgehead atoms. The molecule has 0 spiro atoms. The van der Waals surface area contributed by atoms with Gasteiger partial charge >= 0.3 is 0 Å². The Bertz CT molecular complexity index is 5130. The Morgan fingerprint density at radius 2 is 0.598 bits per heavy atom. The Balaban J connectivity index is 0.728. The summed E-state index contributed by atoms with van der Waals surface area (Å²) in [4.78, 5) is 0. The second-order valence-corrected chi connectivity index (χ2v) is 26.9. The minimum absolute atomic E-state index is 0.187. The van der Waals surface area contributed by atoms with Crippen molar-refractivity contribution >= 4 is 12.2 Å². The summed E-state index contributed by atoms with van der Waals surface area (Å²) in [6.45, 7) is 12.1. The summed E-state index contributed by atoms with van der Waals surface area (Å²) >= 11 is 0. The lowest BCUT2D eigenvalue weighted by atomic mass is 9.67. The van der Waals surface area contributed by atoms with E-state index >= 15 is 8.78 Å². The third-order valence-electron chi connectivity index (χ3n) is 21.2. The molecule has 0 fully saturated rings. The fourth-order valence-electron chi connectivity index (χ4n) is 16.1. The molecule has 4 atom stereocenters. The standard InChI is InChI=1S/C96H70F4O2/c1-5-63-15-45-81(46-16-63)101-83-49-33-75(34-50-83)95(73-29-41-79(99)42-30-73)91-13-9-7-11-85(91)87-53-27-71(59-93(87)95)89(65-23-37-77(97)38-24-65)57-67-19-21-69(55-61(67)3)70-22-20-68(62(4)56-70)58-90(66-25-39-78(98)40-26-66)72-28-54-88-86-12-8-10-14-92(86)96(94(88)60-72,74-31-43-80(100)44-32-74)76-35-51-84(52-36-76)102-82-47-17-64(6-2)18-48-82/h5-56,59-60,89-90H,1-2,57-58H2,3-4H3. The molecule has 494 valence electrons. The first kappa shape index (κ1) is 64.5. The van der Waals surface area contributed by atoms with Gasteiger partial charge in [0.15, 0.2) is 0 Å². The van der Waals surface area contributed by atoms with Crippen LogP contribution in [0.1, 0.15) is 112 Å². The first-order valence-electron chi connectivity index (χ1n) is 34.6. The van der Waals surface area contributed by atoms with Gasteiger partial charge in [-0.3, -0.25) is 0 Å². The van der Waals surface area contributed by atoms with Crippen LogP contribution in [0.4, 0.5) is 17.6 Å². The van der Waals surface area contributed by atoms with Gasteiger partial charge in [-0.15, -0.1) is 0 Å². The van der Waals surface area contributed by atoms with Crippen LogP contribution in [-0.2, 0) is 23.7 Å². The molecule has 102 heavy (non-hydrogen) atoms. The van der Waals surface area contributed by atoms with Crippen molar-refractivity contribution in [3.8, 4) is 56.4 Å².